The van der Waals surface area contributed by atoms with E-state index in [2.05, 4.69) is 72.6 Å². The van der Waals surface area contributed by atoms with Gasteiger partial charge < -0.3 is 15.0 Å². The van der Waals surface area contributed by atoms with Gasteiger partial charge in [0.1, 0.15) is 5.75 Å². The monoisotopic (exact) mass is 348 g/mol. The van der Waals surface area contributed by atoms with Gasteiger partial charge in [0.05, 0.1) is 13.2 Å². The number of nitrogens with zero attached hydrogens (tertiary/aromatic N) is 1. The third kappa shape index (κ3) is 2.76. The fourth-order valence-corrected chi connectivity index (χ4v) is 4.60. The highest BCUT2D eigenvalue weighted by Gasteiger charge is 2.39. The van der Waals surface area contributed by atoms with Crippen molar-refractivity contribution in [3.63, 3.8) is 0 Å². The lowest BCUT2D eigenvalue weighted by molar-refractivity contribution is 0.381. The minimum atomic E-state index is 0.276. The van der Waals surface area contributed by atoms with Gasteiger partial charge in [0.2, 0.25) is 0 Å². The third-order valence-electron chi connectivity index (χ3n) is 5.95. The highest BCUT2D eigenvalue weighted by molar-refractivity contribution is 5.66. The summed E-state index contributed by atoms with van der Waals surface area (Å²) in [4.78, 5) is 2.42. The molecule has 136 valence electrons. The summed E-state index contributed by atoms with van der Waals surface area (Å²) >= 11 is 0. The van der Waals surface area contributed by atoms with Crippen LogP contribution in [0.1, 0.15) is 43.4 Å². The van der Waals surface area contributed by atoms with Gasteiger partial charge in [-0.15, -0.1) is 0 Å². The molecule has 2 aromatic carbocycles. The molecular formula is C23H28N2O. The van der Waals surface area contributed by atoms with E-state index in [1.807, 2.05) is 6.07 Å². The largest absolute Gasteiger partial charge is 0.496 e. The first-order chi connectivity index (χ1) is 12.8. The molecule has 0 fully saturated rings. The molecular weight excluding hydrogens is 320 g/mol. The lowest BCUT2D eigenvalue weighted by Crippen LogP contribution is -2.30. The molecule has 3 heteroatoms. The predicted octanol–water partition coefficient (Wildman–Crippen LogP) is 5.37. The van der Waals surface area contributed by atoms with Crippen molar-refractivity contribution in [2.45, 2.75) is 32.2 Å². The second-order valence-electron chi connectivity index (χ2n) is 7.16. The van der Waals surface area contributed by atoms with Crippen molar-refractivity contribution in [3.05, 3.63) is 65.7 Å². The first-order valence-electron chi connectivity index (χ1n) is 9.71. The number of rotatable bonds is 5. The number of fused-ring (bicyclic) bond motifs is 3. The normalized spacial score (nSPS) is 23.1. The van der Waals surface area contributed by atoms with Crippen LogP contribution in [0.4, 0.5) is 11.4 Å². The number of nitrogens with one attached hydrogen (secondary N) is 1. The van der Waals surface area contributed by atoms with Gasteiger partial charge in [-0.05, 0) is 56.0 Å². The summed E-state index contributed by atoms with van der Waals surface area (Å²) in [5.74, 6) is 1.97. The van der Waals surface area contributed by atoms with Crippen molar-refractivity contribution in [3.8, 4) is 5.75 Å². The van der Waals surface area contributed by atoms with Crippen molar-refractivity contribution >= 4 is 11.4 Å². The molecule has 1 aliphatic heterocycles. The van der Waals surface area contributed by atoms with Crippen LogP contribution in [-0.4, -0.2) is 20.2 Å². The van der Waals surface area contributed by atoms with Crippen molar-refractivity contribution in [2.24, 2.45) is 5.92 Å². The molecule has 0 spiro atoms. The Morgan fingerprint density at radius 3 is 2.65 bits per heavy atom. The fourth-order valence-electron chi connectivity index (χ4n) is 4.60. The Kier molecular flexibility index (Phi) is 4.62. The lowest BCUT2D eigenvalue weighted by Gasteiger charge is -2.38. The molecule has 2 aliphatic rings. The molecule has 1 aliphatic carbocycles. The van der Waals surface area contributed by atoms with Gasteiger partial charge in [-0.25, -0.2) is 0 Å². The van der Waals surface area contributed by atoms with E-state index >= 15 is 0 Å². The second-order valence-corrected chi connectivity index (χ2v) is 7.16. The Morgan fingerprint density at radius 2 is 1.88 bits per heavy atom. The molecule has 0 amide bonds. The number of hydrogen-bond donors (Lipinski definition) is 1. The van der Waals surface area contributed by atoms with Crippen LogP contribution in [0.25, 0.3) is 0 Å². The summed E-state index contributed by atoms with van der Waals surface area (Å²) in [7, 11) is 1.76. The van der Waals surface area contributed by atoms with Crippen molar-refractivity contribution in [1.29, 1.82) is 0 Å². The summed E-state index contributed by atoms with van der Waals surface area (Å²) in [6, 6.07) is 15.6. The maximum absolute atomic E-state index is 5.65. The minimum absolute atomic E-state index is 0.276. The van der Waals surface area contributed by atoms with Crippen LogP contribution in [0.5, 0.6) is 5.75 Å². The Balaban J connectivity index is 1.75. The van der Waals surface area contributed by atoms with Crippen molar-refractivity contribution in [2.75, 3.05) is 30.4 Å². The summed E-state index contributed by atoms with van der Waals surface area (Å²) in [5, 5.41) is 3.82. The van der Waals surface area contributed by atoms with Crippen LogP contribution >= 0.6 is 0 Å². The number of allylic oxidation sites excluding steroid dienone is 2. The van der Waals surface area contributed by atoms with Crippen molar-refractivity contribution in [1.82, 2.24) is 0 Å². The van der Waals surface area contributed by atoms with Gasteiger partial charge in [-0.1, -0.05) is 30.4 Å². The van der Waals surface area contributed by atoms with Crippen LogP contribution < -0.4 is 15.0 Å². The van der Waals surface area contributed by atoms with Gasteiger partial charge in [-0.3, -0.25) is 0 Å². The van der Waals surface area contributed by atoms with Crippen LogP contribution in [0.3, 0.4) is 0 Å². The van der Waals surface area contributed by atoms with Gasteiger partial charge in [0.15, 0.2) is 0 Å². The summed E-state index contributed by atoms with van der Waals surface area (Å²) in [6.45, 7) is 6.52. The van der Waals surface area contributed by atoms with Crippen LogP contribution in [0, 0.1) is 5.92 Å². The number of methoxy groups -OCH3 is 1. The molecule has 0 aromatic heterocycles. The van der Waals surface area contributed by atoms with E-state index in [0.29, 0.717) is 11.8 Å². The molecule has 3 nitrogen and oxygen atoms in total. The lowest BCUT2D eigenvalue weighted by atomic mass is 9.76. The summed E-state index contributed by atoms with van der Waals surface area (Å²) in [5.41, 5.74) is 5.27. The van der Waals surface area contributed by atoms with Gasteiger partial charge >= 0.3 is 0 Å². The fraction of sp³-hybridized carbons (Fsp3) is 0.391. The highest BCUT2D eigenvalue weighted by atomic mass is 16.5. The average Bonchev–Trinajstić information content (AvgIpc) is 3.18. The quantitative estimate of drug-likeness (QED) is 0.735. The minimum Gasteiger partial charge on any atom is -0.496 e. The summed E-state index contributed by atoms with van der Waals surface area (Å²) < 4.78 is 5.65. The van der Waals surface area contributed by atoms with Crippen LogP contribution in [0.15, 0.2) is 54.6 Å². The van der Waals surface area contributed by atoms with Gasteiger partial charge in [0, 0.05) is 35.9 Å². The highest BCUT2D eigenvalue weighted by Crippen LogP contribution is 2.51. The van der Waals surface area contributed by atoms with Crippen molar-refractivity contribution < 1.29 is 4.74 Å². The third-order valence-corrected chi connectivity index (χ3v) is 5.95. The molecule has 4 rings (SSSR count). The molecule has 0 radical (unpaired) electrons. The second kappa shape index (κ2) is 7.06. The summed E-state index contributed by atoms with van der Waals surface area (Å²) in [6.07, 6.45) is 5.85. The standard InChI is InChI=1S/C23H28N2O/c1-4-25(5-2)16-13-14-21-20(15-16)17-10-8-11-18(17)23(24-21)19-9-6-7-12-22(19)26-3/h6-10,12-15,17-18,23-24H,4-5,11H2,1-3H3. The zero-order valence-corrected chi connectivity index (χ0v) is 15.9. The SMILES string of the molecule is CCN(CC)c1ccc2c(c1)C1C=CCC1C(c1ccccc1OC)N2. The molecule has 0 saturated carbocycles. The molecule has 0 bridgehead atoms. The first-order valence-corrected chi connectivity index (χ1v) is 9.71. The molecule has 0 saturated heterocycles. The molecule has 26 heavy (non-hydrogen) atoms. The van der Waals surface area contributed by atoms with E-state index in [-0.39, 0.29) is 6.04 Å². The average molecular weight is 348 g/mol. The Morgan fingerprint density at radius 1 is 1.08 bits per heavy atom. The molecule has 1 N–H and O–H groups in total. The molecule has 1 heterocycles. The van der Waals surface area contributed by atoms with E-state index in [1.165, 1.54) is 22.5 Å². The number of anilines is 2. The maximum atomic E-state index is 5.65. The van der Waals surface area contributed by atoms with Gasteiger partial charge in [-0.2, -0.15) is 0 Å². The van der Waals surface area contributed by atoms with E-state index in [0.717, 1.165) is 25.3 Å². The van der Waals surface area contributed by atoms with E-state index in [1.54, 1.807) is 7.11 Å². The predicted molar refractivity (Wildman–Crippen MR) is 109 cm³/mol. The molecule has 3 unspecified atom stereocenters. The number of hydrogen-bond acceptors (Lipinski definition) is 3. The van der Waals surface area contributed by atoms with E-state index in [9.17, 15) is 0 Å². The Hall–Kier alpha value is -2.42. The zero-order valence-electron chi connectivity index (χ0n) is 15.9. The topological polar surface area (TPSA) is 24.5 Å². The molecule has 2 aromatic rings. The Labute approximate surface area is 156 Å². The number of ether oxygens (including phenoxy) is 1. The van der Waals surface area contributed by atoms with Crippen LogP contribution in [0.2, 0.25) is 0 Å². The van der Waals surface area contributed by atoms with Gasteiger partial charge in [0.25, 0.3) is 0 Å². The van der Waals surface area contributed by atoms with E-state index in [4.69, 9.17) is 4.74 Å². The number of benzene rings is 2. The van der Waals surface area contributed by atoms with Crippen LogP contribution in [-0.2, 0) is 0 Å². The molecule has 3 atom stereocenters. The zero-order chi connectivity index (χ0) is 18.1. The maximum Gasteiger partial charge on any atom is 0.124 e. The smallest absolute Gasteiger partial charge is 0.124 e. The number of para-hydroxylation sites is 1. The first kappa shape index (κ1) is 17.0. The van der Waals surface area contributed by atoms with E-state index < -0.39 is 0 Å². The Bertz CT molecular complexity index is 810.